The van der Waals surface area contributed by atoms with Gasteiger partial charge in [-0.3, -0.25) is 4.99 Å². The third-order valence-corrected chi connectivity index (χ3v) is 1.89. The van der Waals surface area contributed by atoms with Crippen molar-refractivity contribution in [3.8, 4) is 0 Å². The predicted molar refractivity (Wildman–Crippen MR) is 39.2 cm³/mol. The number of aliphatic imine (C=N–C) groups is 1. The lowest BCUT2D eigenvalue weighted by Gasteiger charge is -2.10. The van der Waals surface area contributed by atoms with Crippen LogP contribution in [0, 0.1) is 0 Å². The van der Waals surface area contributed by atoms with Crippen molar-refractivity contribution >= 4 is 5.71 Å². The largest absolute Gasteiger partial charge is 0.388 e. The monoisotopic (exact) mass is 143 g/mol. The Morgan fingerprint density at radius 3 is 2.30 bits per heavy atom. The van der Waals surface area contributed by atoms with Crippen LogP contribution in [0.1, 0.15) is 20.3 Å². The van der Waals surface area contributed by atoms with E-state index in [1.807, 2.05) is 6.92 Å². The van der Waals surface area contributed by atoms with Gasteiger partial charge in [0, 0.05) is 5.71 Å². The summed E-state index contributed by atoms with van der Waals surface area (Å²) in [6, 6.07) is -0.134. The van der Waals surface area contributed by atoms with E-state index in [1.165, 1.54) is 0 Å². The van der Waals surface area contributed by atoms with Crippen molar-refractivity contribution in [2.75, 3.05) is 0 Å². The highest BCUT2D eigenvalue weighted by Gasteiger charge is 2.31. The van der Waals surface area contributed by atoms with E-state index >= 15 is 0 Å². The summed E-state index contributed by atoms with van der Waals surface area (Å²) in [6.07, 6.45) is -0.683. The van der Waals surface area contributed by atoms with E-state index in [4.69, 9.17) is 0 Å². The summed E-state index contributed by atoms with van der Waals surface area (Å²) in [6.45, 7) is 3.73. The lowest BCUT2D eigenvalue weighted by Crippen LogP contribution is -2.32. The van der Waals surface area contributed by atoms with Gasteiger partial charge in [0.15, 0.2) is 0 Å². The van der Waals surface area contributed by atoms with E-state index in [2.05, 4.69) is 4.99 Å². The SMILES string of the molecule is CCC1=NC(C)[C@@H](O)[C@H]1O. The first-order chi connectivity index (χ1) is 4.66. The molecule has 0 saturated heterocycles. The van der Waals surface area contributed by atoms with Crippen LogP contribution in [-0.4, -0.2) is 34.2 Å². The van der Waals surface area contributed by atoms with Crippen LogP contribution in [0.4, 0.5) is 0 Å². The highest BCUT2D eigenvalue weighted by Crippen LogP contribution is 2.15. The molecule has 10 heavy (non-hydrogen) atoms. The van der Waals surface area contributed by atoms with Gasteiger partial charge >= 0.3 is 0 Å². The van der Waals surface area contributed by atoms with Crippen molar-refractivity contribution in [1.29, 1.82) is 0 Å². The molecule has 3 nitrogen and oxygen atoms in total. The fourth-order valence-corrected chi connectivity index (χ4v) is 1.18. The summed E-state index contributed by atoms with van der Waals surface area (Å²) in [7, 11) is 0. The zero-order valence-electron chi connectivity index (χ0n) is 6.28. The van der Waals surface area contributed by atoms with Gasteiger partial charge in [-0.05, 0) is 13.3 Å². The van der Waals surface area contributed by atoms with E-state index in [-0.39, 0.29) is 6.04 Å². The maximum atomic E-state index is 9.25. The predicted octanol–water partition coefficient (Wildman–Crippen LogP) is -0.0387. The second kappa shape index (κ2) is 2.68. The number of hydrogen-bond acceptors (Lipinski definition) is 3. The normalized spacial score (nSPS) is 40.0. The molecule has 0 aliphatic carbocycles. The van der Waals surface area contributed by atoms with Crippen molar-refractivity contribution < 1.29 is 10.2 Å². The van der Waals surface area contributed by atoms with Gasteiger partial charge in [0.05, 0.1) is 6.04 Å². The average Bonchev–Trinajstić information content (AvgIpc) is 2.17. The zero-order valence-corrected chi connectivity index (χ0v) is 6.28. The Morgan fingerprint density at radius 2 is 2.10 bits per heavy atom. The molecule has 1 aliphatic heterocycles. The van der Waals surface area contributed by atoms with E-state index in [9.17, 15) is 10.2 Å². The third-order valence-electron chi connectivity index (χ3n) is 1.89. The summed E-state index contributed by atoms with van der Waals surface area (Å²) < 4.78 is 0. The Morgan fingerprint density at radius 1 is 1.50 bits per heavy atom. The fraction of sp³-hybridized carbons (Fsp3) is 0.857. The molecule has 0 aromatic rings. The minimum Gasteiger partial charge on any atom is -0.388 e. The molecule has 1 heterocycles. The summed E-state index contributed by atoms with van der Waals surface area (Å²) in [5.41, 5.74) is 0.722. The zero-order chi connectivity index (χ0) is 7.72. The molecule has 0 aromatic heterocycles. The van der Waals surface area contributed by atoms with Crippen molar-refractivity contribution in [2.24, 2.45) is 4.99 Å². The summed E-state index contributed by atoms with van der Waals surface area (Å²) >= 11 is 0. The highest BCUT2D eigenvalue weighted by atomic mass is 16.3. The van der Waals surface area contributed by atoms with Gasteiger partial charge < -0.3 is 10.2 Å². The number of aliphatic hydroxyl groups excluding tert-OH is 2. The molecule has 0 spiro atoms. The molecule has 0 amide bonds. The van der Waals surface area contributed by atoms with Crippen LogP contribution in [0.2, 0.25) is 0 Å². The van der Waals surface area contributed by atoms with Crippen molar-refractivity contribution in [2.45, 2.75) is 38.5 Å². The standard InChI is InChI=1S/C7H13NO2/c1-3-5-7(10)6(9)4(2)8-5/h4,6-7,9-10H,3H2,1-2H3/t4?,6-,7+/m1/s1. The average molecular weight is 143 g/mol. The topological polar surface area (TPSA) is 52.8 Å². The molecule has 1 unspecified atom stereocenters. The summed E-state index contributed by atoms with van der Waals surface area (Å²) in [4.78, 5) is 4.09. The molecule has 0 saturated carbocycles. The first kappa shape index (κ1) is 7.69. The minimum atomic E-state index is -0.722. The number of aliphatic hydroxyl groups is 2. The Balaban J connectivity index is 2.68. The van der Waals surface area contributed by atoms with Gasteiger partial charge in [-0.1, -0.05) is 6.92 Å². The smallest absolute Gasteiger partial charge is 0.119 e. The molecule has 58 valence electrons. The summed E-state index contributed by atoms with van der Waals surface area (Å²) in [5, 5.41) is 18.5. The van der Waals surface area contributed by atoms with Crippen LogP contribution in [0.3, 0.4) is 0 Å². The highest BCUT2D eigenvalue weighted by molar-refractivity contribution is 5.90. The molecular weight excluding hydrogens is 130 g/mol. The van der Waals surface area contributed by atoms with Gasteiger partial charge in [0.2, 0.25) is 0 Å². The van der Waals surface area contributed by atoms with E-state index in [0.29, 0.717) is 0 Å². The third kappa shape index (κ3) is 1.07. The molecule has 1 rings (SSSR count). The van der Waals surface area contributed by atoms with Crippen molar-refractivity contribution in [1.82, 2.24) is 0 Å². The molecule has 3 heteroatoms. The molecular formula is C7H13NO2. The van der Waals surface area contributed by atoms with Crippen LogP contribution in [0.15, 0.2) is 4.99 Å². The number of rotatable bonds is 1. The first-order valence-electron chi connectivity index (χ1n) is 3.59. The maximum Gasteiger partial charge on any atom is 0.119 e. The van der Waals surface area contributed by atoms with Gasteiger partial charge in [-0.25, -0.2) is 0 Å². The Kier molecular flexibility index (Phi) is 2.06. The molecule has 1 aliphatic rings. The van der Waals surface area contributed by atoms with Gasteiger partial charge in [0.25, 0.3) is 0 Å². The summed E-state index contributed by atoms with van der Waals surface area (Å²) in [5.74, 6) is 0. The number of nitrogens with zero attached hydrogens (tertiary/aromatic N) is 1. The van der Waals surface area contributed by atoms with E-state index in [0.717, 1.165) is 12.1 Å². The van der Waals surface area contributed by atoms with Crippen LogP contribution in [0.25, 0.3) is 0 Å². The Hall–Kier alpha value is -0.410. The van der Waals surface area contributed by atoms with Crippen molar-refractivity contribution in [3.63, 3.8) is 0 Å². The molecule has 3 atom stereocenters. The molecule has 0 radical (unpaired) electrons. The Labute approximate surface area is 60.4 Å². The first-order valence-corrected chi connectivity index (χ1v) is 3.59. The maximum absolute atomic E-state index is 9.25. The van der Waals surface area contributed by atoms with Crippen LogP contribution >= 0.6 is 0 Å². The van der Waals surface area contributed by atoms with Crippen LogP contribution in [0.5, 0.6) is 0 Å². The van der Waals surface area contributed by atoms with Crippen LogP contribution in [-0.2, 0) is 0 Å². The Bertz CT molecular complexity index is 156. The number of hydrogen-bond donors (Lipinski definition) is 2. The molecule has 2 N–H and O–H groups in total. The lowest BCUT2D eigenvalue weighted by molar-refractivity contribution is 0.0584. The van der Waals surface area contributed by atoms with Gasteiger partial charge in [-0.15, -0.1) is 0 Å². The minimum absolute atomic E-state index is 0.134. The second-order valence-corrected chi connectivity index (χ2v) is 2.65. The van der Waals surface area contributed by atoms with E-state index < -0.39 is 12.2 Å². The molecule has 0 fully saturated rings. The van der Waals surface area contributed by atoms with E-state index in [1.54, 1.807) is 6.92 Å². The molecule has 0 bridgehead atoms. The van der Waals surface area contributed by atoms with Crippen molar-refractivity contribution in [3.05, 3.63) is 0 Å². The fourth-order valence-electron chi connectivity index (χ4n) is 1.18. The lowest BCUT2D eigenvalue weighted by atomic mass is 10.1. The van der Waals surface area contributed by atoms with Crippen LogP contribution < -0.4 is 0 Å². The van der Waals surface area contributed by atoms with Gasteiger partial charge in [0.1, 0.15) is 12.2 Å². The quantitative estimate of drug-likeness (QED) is 0.541. The van der Waals surface area contributed by atoms with Gasteiger partial charge in [-0.2, -0.15) is 0 Å². The second-order valence-electron chi connectivity index (χ2n) is 2.65. The molecule has 0 aromatic carbocycles.